The highest BCUT2D eigenvalue weighted by Gasteiger charge is 2.37. The quantitative estimate of drug-likeness (QED) is 0.547. The van der Waals surface area contributed by atoms with Crippen LogP contribution in [0.5, 0.6) is 0 Å². The summed E-state index contributed by atoms with van der Waals surface area (Å²) in [7, 11) is 0. The van der Waals surface area contributed by atoms with Gasteiger partial charge in [-0.25, -0.2) is 4.79 Å². The minimum absolute atomic E-state index is 0.316. The molecule has 76 valence electrons. The van der Waals surface area contributed by atoms with Crippen molar-refractivity contribution in [3.8, 4) is 0 Å². The molecule has 4 nitrogen and oxygen atoms in total. The van der Waals surface area contributed by atoms with Gasteiger partial charge in [-0.05, 0) is 12.8 Å². The van der Waals surface area contributed by atoms with E-state index in [1.807, 2.05) is 6.92 Å². The highest BCUT2D eigenvalue weighted by atomic mass is 16.4. The maximum atomic E-state index is 10.8. The molecule has 0 bridgehead atoms. The van der Waals surface area contributed by atoms with Crippen LogP contribution in [-0.2, 0) is 4.79 Å². The number of hydrogen-bond donors (Lipinski definition) is 3. The zero-order valence-electron chi connectivity index (χ0n) is 8.03. The Morgan fingerprint density at radius 3 is 2.46 bits per heavy atom. The first-order chi connectivity index (χ1) is 5.99. The zero-order valence-corrected chi connectivity index (χ0v) is 8.03. The number of allylic oxidation sites excluding steroid dienone is 1. The predicted molar refractivity (Wildman–Crippen MR) is 50.3 cm³/mol. The van der Waals surface area contributed by atoms with Crippen LogP contribution in [0.4, 0.5) is 0 Å². The molecular weight excluding hydrogens is 170 g/mol. The number of rotatable bonds is 5. The van der Waals surface area contributed by atoms with Gasteiger partial charge in [0.1, 0.15) is 0 Å². The van der Waals surface area contributed by atoms with Gasteiger partial charge in [0.15, 0.2) is 5.54 Å². The van der Waals surface area contributed by atoms with Crippen molar-refractivity contribution in [2.75, 3.05) is 0 Å². The molecule has 0 aromatic rings. The number of carboxylic acids is 1. The number of carboxylic acid groups (broad SMARTS) is 1. The van der Waals surface area contributed by atoms with Crippen molar-refractivity contribution in [1.82, 2.24) is 0 Å². The molecule has 0 aliphatic carbocycles. The smallest absolute Gasteiger partial charge is 0.330 e. The lowest BCUT2D eigenvalue weighted by Crippen LogP contribution is -2.55. The van der Waals surface area contributed by atoms with Crippen LogP contribution in [0.15, 0.2) is 12.2 Å². The summed E-state index contributed by atoms with van der Waals surface area (Å²) in [5.41, 5.74) is 3.90. The van der Waals surface area contributed by atoms with Crippen LogP contribution in [0.2, 0.25) is 0 Å². The highest BCUT2D eigenvalue weighted by molar-refractivity contribution is 5.82. The summed E-state index contributed by atoms with van der Waals surface area (Å²) in [6.07, 6.45) is 2.96. The Hall–Kier alpha value is -0.870. The van der Waals surface area contributed by atoms with Crippen LogP contribution in [0.3, 0.4) is 0 Å². The van der Waals surface area contributed by atoms with Gasteiger partial charge in [-0.2, -0.15) is 0 Å². The molecule has 4 heteroatoms. The van der Waals surface area contributed by atoms with Gasteiger partial charge in [0.2, 0.25) is 0 Å². The van der Waals surface area contributed by atoms with Crippen molar-refractivity contribution < 1.29 is 15.0 Å². The zero-order chi connectivity index (χ0) is 10.5. The third-order valence-electron chi connectivity index (χ3n) is 1.94. The van der Waals surface area contributed by atoms with Gasteiger partial charge in [-0.1, -0.05) is 26.0 Å². The summed E-state index contributed by atoms with van der Waals surface area (Å²) in [5, 5.41) is 18.2. The molecule has 0 aromatic heterocycles. The molecule has 0 rings (SSSR count). The van der Waals surface area contributed by atoms with E-state index >= 15 is 0 Å². The predicted octanol–water partition coefficient (Wildman–Crippen LogP) is 0.506. The van der Waals surface area contributed by atoms with Crippen molar-refractivity contribution in [2.45, 2.75) is 38.3 Å². The lowest BCUT2D eigenvalue weighted by atomic mass is 9.91. The Balaban J connectivity index is 4.72. The molecule has 0 spiro atoms. The SMILES string of the molecule is CC/C=C/C(N)(C(=O)O)C(O)CC. The average molecular weight is 187 g/mol. The molecular formula is C9H17NO3. The molecule has 0 amide bonds. The fraction of sp³-hybridized carbons (Fsp3) is 0.667. The maximum absolute atomic E-state index is 10.8. The summed E-state index contributed by atoms with van der Waals surface area (Å²) >= 11 is 0. The van der Waals surface area contributed by atoms with Crippen molar-refractivity contribution in [1.29, 1.82) is 0 Å². The molecule has 0 aromatic carbocycles. The van der Waals surface area contributed by atoms with Crippen LogP contribution >= 0.6 is 0 Å². The summed E-state index contributed by atoms with van der Waals surface area (Å²) in [6, 6.07) is 0. The van der Waals surface area contributed by atoms with Gasteiger partial charge in [0.05, 0.1) is 6.10 Å². The van der Waals surface area contributed by atoms with Crippen LogP contribution in [-0.4, -0.2) is 27.8 Å². The molecule has 0 radical (unpaired) electrons. The van der Waals surface area contributed by atoms with E-state index in [2.05, 4.69) is 0 Å². The third kappa shape index (κ3) is 2.82. The lowest BCUT2D eigenvalue weighted by Gasteiger charge is -2.25. The normalized spacial score (nSPS) is 18.5. The van der Waals surface area contributed by atoms with Gasteiger partial charge in [-0.3, -0.25) is 0 Å². The van der Waals surface area contributed by atoms with Gasteiger partial charge in [-0.15, -0.1) is 0 Å². The average Bonchev–Trinajstić information content (AvgIpc) is 2.12. The van der Waals surface area contributed by atoms with E-state index in [9.17, 15) is 9.90 Å². The van der Waals surface area contributed by atoms with Crippen molar-refractivity contribution in [2.24, 2.45) is 5.73 Å². The van der Waals surface area contributed by atoms with E-state index in [0.29, 0.717) is 12.8 Å². The van der Waals surface area contributed by atoms with Gasteiger partial charge in [0, 0.05) is 0 Å². The molecule has 0 saturated heterocycles. The topological polar surface area (TPSA) is 83.6 Å². The van der Waals surface area contributed by atoms with E-state index in [1.165, 1.54) is 6.08 Å². The molecule has 4 N–H and O–H groups in total. The molecule has 0 aliphatic heterocycles. The second kappa shape index (κ2) is 4.99. The molecule has 2 atom stereocenters. The van der Waals surface area contributed by atoms with Gasteiger partial charge >= 0.3 is 5.97 Å². The Kier molecular flexibility index (Phi) is 4.66. The van der Waals surface area contributed by atoms with E-state index < -0.39 is 17.6 Å². The molecule has 2 unspecified atom stereocenters. The van der Waals surface area contributed by atoms with Crippen molar-refractivity contribution >= 4 is 5.97 Å². The second-order valence-electron chi connectivity index (χ2n) is 2.97. The van der Waals surface area contributed by atoms with Gasteiger partial charge in [0.25, 0.3) is 0 Å². The van der Waals surface area contributed by atoms with Crippen LogP contribution in [0, 0.1) is 0 Å². The Bertz CT molecular complexity index is 203. The van der Waals surface area contributed by atoms with E-state index in [1.54, 1.807) is 13.0 Å². The number of aliphatic carboxylic acids is 1. The second-order valence-corrected chi connectivity index (χ2v) is 2.97. The molecule has 13 heavy (non-hydrogen) atoms. The monoisotopic (exact) mass is 187 g/mol. The van der Waals surface area contributed by atoms with Gasteiger partial charge < -0.3 is 15.9 Å². The van der Waals surface area contributed by atoms with Crippen molar-refractivity contribution in [3.63, 3.8) is 0 Å². The summed E-state index contributed by atoms with van der Waals surface area (Å²) in [4.78, 5) is 10.8. The number of carbonyl (C=O) groups is 1. The molecule has 0 aliphatic rings. The van der Waals surface area contributed by atoms with Crippen molar-refractivity contribution in [3.05, 3.63) is 12.2 Å². The first kappa shape index (κ1) is 12.1. The molecule has 0 saturated carbocycles. The van der Waals surface area contributed by atoms with Crippen LogP contribution < -0.4 is 5.73 Å². The first-order valence-corrected chi connectivity index (χ1v) is 4.37. The summed E-state index contributed by atoms with van der Waals surface area (Å²) < 4.78 is 0. The maximum Gasteiger partial charge on any atom is 0.330 e. The van der Waals surface area contributed by atoms with E-state index in [4.69, 9.17) is 10.8 Å². The largest absolute Gasteiger partial charge is 0.480 e. The first-order valence-electron chi connectivity index (χ1n) is 4.37. The highest BCUT2D eigenvalue weighted by Crippen LogP contribution is 2.13. The number of nitrogens with two attached hydrogens (primary N) is 1. The fourth-order valence-electron chi connectivity index (χ4n) is 0.976. The number of aliphatic hydroxyl groups is 1. The summed E-state index contributed by atoms with van der Waals surface area (Å²) in [6.45, 7) is 3.56. The standard InChI is InChI=1S/C9H17NO3/c1-3-5-6-9(10,8(12)13)7(11)4-2/h5-7,11H,3-4,10H2,1-2H3,(H,12,13)/b6-5+. The Morgan fingerprint density at radius 1 is 1.62 bits per heavy atom. The third-order valence-corrected chi connectivity index (χ3v) is 1.94. The van der Waals surface area contributed by atoms with Crippen LogP contribution in [0.25, 0.3) is 0 Å². The Labute approximate surface area is 78.1 Å². The number of aliphatic hydroxyl groups excluding tert-OH is 1. The van der Waals surface area contributed by atoms with E-state index in [0.717, 1.165) is 0 Å². The molecule has 0 heterocycles. The molecule has 0 fully saturated rings. The minimum Gasteiger partial charge on any atom is -0.480 e. The Morgan fingerprint density at radius 2 is 2.15 bits per heavy atom. The summed E-state index contributed by atoms with van der Waals surface area (Å²) in [5.74, 6) is -1.20. The van der Waals surface area contributed by atoms with E-state index in [-0.39, 0.29) is 0 Å². The number of hydrogen-bond acceptors (Lipinski definition) is 3. The van der Waals surface area contributed by atoms with Crippen LogP contribution in [0.1, 0.15) is 26.7 Å². The minimum atomic E-state index is -1.65. The lowest BCUT2D eigenvalue weighted by molar-refractivity contribution is -0.145. The fourth-order valence-corrected chi connectivity index (χ4v) is 0.976.